The first-order valence-electron chi connectivity index (χ1n) is 12.3. The molecule has 13 heteroatoms. The maximum Gasteiger partial charge on any atom is 0.341 e. The molecule has 3 aromatic rings. The van der Waals surface area contributed by atoms with E-state index >= 15 is 4.39 Å². The molecule has 2 fully saturated rings. The lowest BCUT2D eigenvalue weighted by atomic mass is 10.1. The van der Waals surface area contributed by atoms with Crippen LogP contribution in [0, 0.1) is 11.7 Å². The minimum Gasteiger partial charge on any atom is -0.493 e. The highest BCUT2D eigenvalue weighted by atomic mass is 35.5. The third kappa shape index (κ3) is 4.97. The van der Waals surface area contributed by atoms with Crippen molar-refractivity contribution in [2.75, 3.05) is 38.8 Å². The molecule has 0 spiro atoms. The highest BCUT2D eigenvalue weighted by Gasteiger charge is 2.33. The summed E-state index contributed by atoms with van der Waals surface area (Å²) in [6.07, 6.45) is 2.94. The van der Waals surface area contributed by atoms with E-state index in [1.165, 1.54) is 20.4 Å². The van der Waals surface area contributed by atoms with E-state index in [9.17, 15) is 14.7 Å². The molecule has 2 aromatic heterocycles. The van der Waals surface area contributed by atoms with E-state index in [-0.39, 0.29) is 48.5 Å². The molecule has 5 rings (SSSR count). The van der Waals surface area contributed by atoms with Crippen LogP contribution in [0.2, 0.25) is 5.02 Å². The molecule has 1 aromatic carbocycles. The third-order valence-electron chi connectivity index (χ3n) is 6.93. The molecule has 1 atom stereocenters. The average Bonchev–Trinajstić information content (AvgIpc) is 3.68. The molecule has 3 N–H and O–H groups in total. The fraction of sp³-hybridized carbons (Fsp3) is 0.385. The quantitative estimate of drug-likeness (QED) is 0.378. The number of hydrogen-bond acceptors (Lipinski definition) is 9. The van der Waals surface area contributed by atoms with Crippen LogP contribution in [0.3, 0.4) is 0 Å². The van der Waals surface area contributed by atoms with E-state index in [0.717, 1.165) is 18.9 Å². The number of halogens is 2. The molecule has 0 radical (unpaired) electrons. The lowest BCUT2D eigenvalue weighted by Crippen LogP contribution is -2.26. The Hall–Kier alpha value is -3.90. The van der Waals surface area contributed by atoms with Crippen LogP contribution >= 0.6 is 11.6 Å². The lowest BCUT2D eigenvalue weighted by Gasteiger charge is -2.19. The van der Waals surface area contributed by atoms with Gasteiger partial charge in [0.05, 0.1) is 36.9 Å². The zero-order valence-electron chi connectivity index (χ0n) is 21.3. The SMILES string of the molecule is COc1ccc(CO/N=C2\CN(c3nc4c(cc3F)c(=O)c(C(=O)O)cn4C3CC3)CC2CN)c(Cl)c1OC. The van der Waals surface area contributed by atoms with Gasteiger partial charge in [-0.3, -0.25) is 4.79 Å². The Labute approximate surface area is 227 Å². The van der Waals surface area contributed by atoms with Crippen LogP contribution in [0.15, 0.2) is 34.3 Å². The van der Waals surface area contributed by atoms with Crippen molar-refractivity contribution in [1.82, 2.24) is 9.55 Å². The average molecular weight is 560 g/mol. The Kier molecular flexibility index (Phi) is 7.32. The molecule has 1 saturated heterocycles. The second-order valence-electron chi connectivity index (χ2n) is 9.42. The van der Waals surface area contributed by atoms with Crippen LogP contribution in [0.1, 0.15) is 34.8 Å². The van der Waals surface area contributed by atoms with Gasteiger partial charge in [-0.25, -0.2) is 14.2 Å². The van der Waals surface area contributed by atoms with E-state index in [1.807, 2.05) is 0 Å². The van der Waals surface area contributed by atoms with E-state index in [2.05, 4.69) is 10.1 Å². The van der Waals surface area contributed by atoms with Gasteiger partial charge in [-0.05, 0) is 25.0 Å². The van der Waals surface area contributed by atoms with Crippen molar-refractivity contribution in [2.24, 2.45) is 16.8 Å². The number of fused-ring (bicyclic) bond motifs is 1. The van der Waals surface area contributed by atoms with Gasteiger partial charge >= 0.3 is 5.97 Å². The molecule has 1 aliphatic heterocycles. The Bertz CT molecular complexity index is 1540. The first-order chi connectivity index (χ1) is 18.8. The predicted molar refractivity (Wildman–Crippen MR) is 143 cm³/mol. The number of aromatic nitrogens is 2. The molecular weight excluding hydrogens is 533 g/mol. The molecule has 0 amide bonds. The van der Waals surface area contributed by atoms with Crippen molar-refractivity contribution in [3.8, 4) is 11.5 Å². The van der Waals surface area contributed by atoms with Gasteiger partial charge in [0.2, 0.25) is 5.43 Å². The van der Waals surface area contributed by atoms with Gasteiger partial charge in [0.15, 0.2) is 23.1 Å². The van der Waals surface area contributed by atoms with Crippen LogP contribution in [0.25, 0.3) is 11.0 Å². The van der Waals surface area contributed by atoms with Crippen molar-refractivity contribution < 1.29 is 28.6 Å². The maximum absolute atomic E-state index is 15.3. The number of ether oxygens (including phenoxy) is 2. The molecular formula is C26H27ClFN5O6. The number of anilines is 1. The first kappa shape index (κ1) is 26.7. The van der Waals surface area contributed by atoms with Gasteiger partial charge in [0.1, 0.15) is 17.8 Å². The number of nitrogens with zero attached hydrogens (tertiary/aromatic N) is 4. The fourth-order valence-electron chi connectivity index (χ4n) is 4.70. The summed E-state index contributed by atoms with van der Waals surface area (Å²) in [4.78, 5) is 36.1. The number of oxime groups is 1. The molecule has 206 valence electrons. The number of pyridine rings is 2. The van der Waals surface area contributed by atoms with E-state index in [1.54, 1.807) is 21.6 Å². The molecule has 0 bridgehead atoms. The van der Waals surface area contributed by atoms with Crippen LogP contribution in [0.4, 0.5) is 10.2 Å². The number of benzene rings is 1. The number of carboxylic acid groups (broad SMARTS) is 1. The number of aromatic carboxylic acids is 1. The van der Waals surface area contributed by atoms with Gasteiger partial charge in [0, 0.05) is 36.8 Å². The minimum absolute atomic E-state index is 0.0151. The Balaban J connectivity index is 1.42. The van der Waals surface area contributed by atoms with Crippen LogP contribution in [-0.4, -0.2) is 60.2 Å². The fourth-order valence-corrected chi connectivity index (χ4v) is 4.99. The maximum atomic E-state index is 15.3. The summed E-state index contributed by atoms with van der Waals surface area (Å²) in [5.41, 5.74) is 6.30. The van der Waals surface area contributed by atoms with E-state index in [0.29, 0.717) is 34.3 Å². The molecule has 11 nitrogen and oxygen atoms in total. The summed E-state index contributed by atoms with van der Waals surface area (Å²) in [5, 5.41) is 14.0. The molecule has 3 heterocycles. The highest BCUT2D eigenvalue weighted by molar-refractivity contribution is 6.33. The van der Waals surface area contributed by atoms with Crippen molar-refractivity contribution in [1.29, 1.82) is 0 Å². The number of methoxy groups -OCH3 is 2. The zero-order chi connectivity index (χ0) is 27.8. The summed E-state index contributed by atoms with van der Waals surface area (Å²) >= 11 is 6.42. The number of carbonyl (C=O) groups is 1. The summed E-state index contributed by atoms with van der Waals surface area (Å²) in [7, 11) is 3.00. The molecule has 1 saturated carbocycles. The van der Waals surface area contributed by atoms with Crippen molar-refractivity contribution in [2.45, 2.75) is 25.5 Å². The smallest absolute Gasteiger partial charge is 0.341 e. The van der Waals surface area contributed by atoms with Crippen LogP contribution in [-0.2, 0) is 11.4 Å². The molecule has 2 aliphatic rings. The van der Waals surface area contributed by atoms with Gasteiger partial charge in [-0.1, -0.05) is 22.8 Å². The second kappa shape index (κ2) is 10.7. The highest BCUT2D eigenvalue weighted by Crippen LogP contribution is 2.38. The molecule has 1 unspecified atom stereocenters. The van der Waals surface area contributed by atoms with Gasteiger partial charge in [-0.2, -0.15) is 0 Å². The van der Waals surface area contributed by atoms with Crippen molar-refractivity contribution in [3.05, 3.63) is 56.6 Å². The Morgan fingerprint density at radius 1 is 1.31 bits per heavy atom. The monoisotopic (exact) mass is 559 g/mol. The van der Waals surface area contributed by atoms with Gasteiger partial charge in [0.25, 0.3) is 0 Å². The standard InChI is InChI=1S/C26H27ClFN5O6/c1-37-20-6-3-13(21(27)23(20)38-2)12-39-31-19-11-32(9-14(19)8-29)25-18(28)7-16-22(34)17(26(35)36)10-33(15-4-5-15)24(16)30-25/h3,6-7,10,14-15H,4-5,8-9,11-12,29H2,1-2H3,(H,35,36)/b31-19+. The molecule has 1 aliphatic carbocycles. The first-order valence-corrected chi connectivity index (χ1v) is 12.7. The number of nitrogens with two attached hydrogens (primary N) is 1. The lowest BCUT2D eigenvalue weighted by molar-refractivity contribution is 0.0695. The number of hydrogen-bond donors (Lipinski definition) is 2. The van der Waals surface area contributed by atoms with E-state index in [4.69, 9.17) is 31.6 Å². The predicted octanol–water partition coefficient (Wildman–Crippen LogP) is 3.21. The number of carboxylic acids is 1. The summed E-state index contributed by atoms with van der Waals surface area (Å²) in [6, 6.07) is 4.54. The Morgan fingerprint density at radius 3 is 2.72 bits per heavy atom. The minimum atomic E-state index is -1.36. The molecule has 39 heavy (non-hydrogen) atoms. The second-order valence-corrected chi connectivity index (χ2v) is 9.80. The summed E-state index contributed by atoms with van der Waals surface area (Å²) in [6.45, 7) is 0.853. The largest absolute Gasteiger partial charge is 0.493 e. The van der Waals surface area contributed by atoms with Crippen molar-refractivity contribution >= 4 is 40.1 Å². The van der Waals surface area contributed by atoms with Gasteiger partial charge in [-0.15, -0.1) is 0 Å². The van der Waals surface area contributed by atoms with Gasteiger partial charge < -0.3 is 34.6 Å². The van der Waals surface area contributed by atoms with Crippen LogP contribution in [0.5, 0.6) is 11.5 Å². The Morgan fingerprint density at radius 2 is 2.08 bits per heavy atom. The summed E-state index contributed by atoms with van der Waals surface area (Å²) < 4.78 is 27.5. The van der Waals surface area contributed by atoms with Crippen molar-refractivity contribution in [3.63, 3.8) is 0 Å². The normalized spacial score (nSPS) is 18.1. The topological polar surface area (TPSA) is 142 Å². The zero-order valence-corrected chi connectivity index (χ0v) is 22.1. The third-order valence-corrected chi connectivity index (χ3v) is 7.34. The van der Waals surface area contributed by atoms with Crippen LogP contribution < -0.4 is 25.5 Å². The van der Waals surface area contributed by atoms with E-state index < -0.39 is 22.8 Å². The summed E-state index contributed by atoms with van der Waals surface area (Å²) in [5.74, 6) is -1.41. The number of rotatable bonds is 9.